The standard InChI is InChI=1S/C13H16N2O3/c14-10-3-1-2-9(8-10)13(18)15(11-4-5-11)7-6-12(16)17/h1-3,8,11H,4-7,14H2,(H,16,17). The first-order valence-corrected chi connectivity index (χ1v) is 5.96. The first-order chi connectivity index (χ1) is 8.58. The predicted octanol–water partition coefficient (Wildman–Crippen LogP) is 1.35. The minimum absolute atomic E-state index is 0.0233. The summed E-state index contributed by atoms with van der Waals surface area (Å²) in [4.78, 5) is 24.5. The lowest BCUT2D eigenvalue weighted by atomic mass is 10.1. The topological polar surface area (TPSA) is 83.6 Å². The molecule has 0 radical (unpaired) electrons. The highest BCUT2D eigenvalue weighted by Gasteiger charge is 2.33. The van der Waals surface area contributed by atoms with E-state index in [1.807, 2.05) is 0 Å². The summed E-state index contributed by atoms with van der Waals surface area (Å²) in [6.07, 6.45) is 1.88. The third-order valence-electron chi connectivity index (χ3n) is 2.95. The van der Waals surface area contributed by atoms with Gasteiger partial charge in [0.15, 0.2) is 0 Å². The second kappa shape index (κ2) is 5.08. The molecule has 0 aliphatic heterocycles. The van der Waals surface area contributed by atoms with Crippen LogP contribution < -0.4 is 5.73 Å². The van der Waals surface area contributed by atoms with Crippen molar-refractivity contribution in [2.24, 2.45) is 0 Å². The Morgan fingerprint density at radius 2 is 2.11 bits per heavy atom. The van der Waals surface area contributed by atoms with Crippen molar-refractivity contribution in [2.45, 2.75) is 25.3 Å². The molecule has 2 rings (SSSR count). The highest BCUT2D eigenvalue weighted by molar-refractivity contribution is 5.95. The Balaban J connectivity index is 2.10. The number of rotatable bonds is 5. The molecule has 1 saturated carbocycles. The van der Waals surface area contributed by atoms with Crippen LogP contribution in [0, 0.1) is 0 Å². The Morgan fingerprint density at radius 3 is 2.67 bits per heavy atom. The number of carbonyl (C=O) groups excluding carboxylic acids is 1. The molecule has 1 aliphatic carbocycles. The van der Waals surface area contributed by atoms with E-state index in [0.29, 0.717) is 11.3 Å². The summed E-state index contributed by atoms with van der Waals surface area (Å²) in [5.74, 6) is -1.02. The van der Waals surface area contributed by atoms with Gasteiger partial charge in [-0.2, -0.15) is 0 Å². The maximum Gasteiger partial charge on any atom is 0.305 e. The molecule has 5 nitrogen and oxygen atoms in total. The normalized spacial score (nSPS) is 14.2. The largest absolute Gasteiger partial charge is 0.481 e. The molecular weight excluding hydrogens is 232 g/mol. The van der Waals surface area contributed by atoms with E-state index in [4.69, 9.17) is 10.8 Å². The summed E-state index contributed by atoms with van der Waals surface area (Å²) in [6.45, 7) is 0.258. The summed E-state index contributed by atoms with van der Waals surface area (Å²) in [5.41, 5.74) is 6.70. The number of carboxylic acid groups (broad SMARTS) is 1. The zero-order valence-electron chi connectivity index (χ0n) is 10.0. The Bertz CT molecular complexity index is 469. The van der Waals surface area contributed by atoms with Gasteiger partial charge in [0, 0.05) is 23.8 Å². The lowest BCUT2D eigenvalue weighted by Gasteiger charge is -2.21. The Labute approximate surface area is 105 Å². The van der Waals surface area contributed by atoms with E-state index in [1.165, 1.54) is 0 Å². The average Bonchev–Trinajstić information content (AvgIpc) is 3.13. The number of hydrogen-bond donors (Lipinski definition) is 2. The van der Waals surface area contributed by atoms with E-state index >= 15 is 0 Å². The number of aliphatic carboxylic acids is 1. The minimum Gasteiger partial charge on any atom is -0.481 e. The predicted molar refractivity (Wildman–Crippen MR) is 67.2 cm³/mol. The molecule has 0 unspecified atom stereocenters. The first-order valence-electron chi connectivity index (χ1n) is 5.96. The fourth-order valence-electron chi connectivity index (χ4n) is 1.89. The molecule has 1 aliphatic rings. The SMILES string of the molecule is Nc1cccc(C(=O)N(CCC(=O)O)C2CC2)c1. The lowest BCUT2D eigenvalue weighted by Crippen LogP contribution is -2.35. The van der Waals surface area contributed by atoms with Gasteiger partial charge in [0.05, 0.1) is 6.42 Å². The number of carboxylic acids is 1. The monoisotopic (exact) mass is 248 g/mol. The second-order valence-corrected chi connectivity index (χ2v) is 4.50. The number of hydrogen-bond acceptors (Lipinski definition) is 3. The molecule has 1 fully saturated rings. The number of nitrogens with zero attached hydrogens (tertiary/aromatic N) is 1. The molecular formula is C13H16N2O3. The summed E-state index contributed by atoms with van der Waals surface area (Å²) in [6, 6.07) is 6.96. The van der Waals surface area contributed by atoms with E-state index in [1.54, 1.807) is 29.2 Å². The van der Waals surface area contributed by atoms with Gasteiger partial charge >= 0.3 is 5.97 Å². The van der Waals surface area contributed by atoms with Gasteiger partial charge in [-0.25, -0.2) is 0 Å². The molecule has 18 heavy (non-hydrogen) atoms. The number of anilines is 1. The van der Waals surface area contributed by atoms with Gasteiger partial charge in [-0.05, 0) is 31.0 Å². The maximum absolute atomic E-state index is 12.3. The summed E-state index contributed by atoms with van der Waals surface area (Å²) in [5, 5.41) is 8.70. The zero-order chi connectivity index (χ0) is 13.1. The van der Waals surface area contributed by atoms with E-state index in [2.05, 4.69) is 0 Å². The Morgan fingerprint density at radius 1 is 1.39 bits per heavy atom. The smallest absolute Gasteiger partial charge is 0.305 e. The molecule has 1 aromatic carbocycles. The number of amides is 1. The highest BCUT2D eigenvalue weighted by atomic mass is 16.4. The van der Waals surface area contributed by atoms with Crippen molar-refractivity contribution in [3.63, 3.8) is 0 Å². The average molecular weight is 248 g/mol. The van der Waals surface area contributed by atoms with Crippen LogP contribution >= 0.6 is 0 Å². The number of nitrogen functional groups attached to an aromatic ring is 1. The van der Waals surface area contributed by atoms with Crippen LogP contribution in [0.25, 0.3) is 0 Å². The lowest BCUT2D eigenvalue weighted by molar-refractivity contribution is -0.137. The summed E-state index contributed by atoms with van der Waals surface area (Å²) < 4.78 is 0. The van der Waals surface area contributed by atoms with Gasteiger partial charge in [-0.3, -0.25) is 9.59 Å². The van der Waals surface area contributed by atoms with Crippen molar-refractivity contribution >= 4 is 17.6 Å². The molecule has 0 spiro atoms. The van der Waals surface area contributed by atoms with Crippen LogP contribution in [0.2, 0.25) is 0 Å². The second-order valence-electron chi connectivity index (χ2n) is 4.50. The number of nitrogens with two attached hydrogens (primary N) is 1. The molecule has 0 atom stereocenters. The van der Waals surface area contributed by atoms with Crippen molar-refractivity contribution in [1.29, 1.82) is 0 Å². The van der Waals surface area contributed by atoms with Gasteiger partial charge in [-0.15, -0.1) is 0 Å². The Kier molecular flexibility index (Phi) is 3.50. The minimum atomic E-state index is -0.888. The van der Waals surface area contributed by atoms with Gasteiger partial charge < -0.3 is 15.7 Å². The Hall–Kier alpha value is -2.04. The van der Waals surface area contributed by atoms with E-state index in [-0.39, 0.29) is 24.9 Å². The summed E-state index contributed by atoms with van der Waals surface area (Å²) in [7, 11) is 0. The van der Waals surface area contributed by atoms with Crippen molar-refractivity contribution in [3.8, 4) is 0 Å². The van der Waals surface area contributed by atoms with Crippen molar-refractivity contribution in [2.75, 3.05) is 12.3 Å². The van der Waals surface area contributed by atoms with Crippen LogP contribution in [0.4, 0.5) is 5.69 Å². The molecule has 1 amide bonds. The van der Waals surface area contributed by atoms with Gasteiger partial charge in [0.2, 0.25) is 0 Å². The molecule has 0 bridgehead atoms. The van der Waals surface area contributed by atoms with E-state index in [9.17, 15) is 9.59 Å². The van der Waals surface area contributed by atoms with Gasteiger partial charge in [-0.1, -0.05) is 6.07 Å². The number of benzene rings is 1. The van der Waals surface area contributed by atoms with E-state index < -0.39 is 5.97 Å². The molecule has 5 heteroatoms. The third kappa shape index (κ3) is 3.00. The molecule has 96 valence electrons. The fraction of sp³-hybridized carbons (Fsp3) is 0.385. The molecule has 1 aromatic rings. The first kappa shape index (κ1) is 12.4. The van der Waals surface area contributed by atoms with Crippen LogP contribution in [0.3, 0.4) is 0 Å². The van der Waals surface area contributed by atoms with Gasteiger partial charge in [0.25, 0.3) is 5.91 Å². The zero-order valence-corrected chi connectivity index (χ0v) is 10.0. The quantitative estimate of drug-likeness (QED) is 0.770. The van der Waals surface area contributed by atoms with Crippen LogP contribution in [-0.2, 0) is 4.79 Å². The molecule has 0 aromatic heterocycles. The number of carbonyl (C=O) groups is 2. The van der Waals surface area contributed by atoms with Gasteiger partial charge in [0.1, 0.15) is 0 Å². The fourth-order valence-corrected chi connectivity index (χ4v) is 1.89. The molecule has 0 saturated heterocycles. The van der Waals surface area contributed by atoms with Crippen LogP contribution in [0.1, 0.15) is 29.6 Å². The van der Waals surface area contributed by atoms with Crippen molar-refractivity contribution in [1.82, 2.24) is 4.90 Å². The highest BCUT2D eigenvalue weighted by Crippen LogP contribution is 2.28. The maximum atomic E-state index is 12.3. The van der Waals surface area contributed by atoms with Crippen LogP contribution in [0.15, 0.2) is 24.3 Å². The summed E-state index contributed by atoms with van der Waals surface area (Å²) >= 11 is 0. The van der Waals surface area contributed by atoms with Crippen LogP contribution in [-0.4, -0.2) is 34.5 Å². The van der Waals surface area contributed by atoms with Crippen molar-refractivity contribution < 1.29 is 14.7 Å². The molecule has 0 heterocycles. The third-order valence-corrected chi connectivity index (χ3v) is 2.95. The molecule has 3 N–H and O–H groups in total. The van der Waals surface area contributed by atoms with E-state index in [0.717, 1.165) is 12.8 Å². The van der Waals surface area contributed by atoms with Crippen LogP contribution in [0.5, 0.6) is 0 Å². The van der Waals surface area contributed by atoms with Crippen molar-refractivity contribution in [3.05, 3.63) is 29.8 Å².